The van der Waals surface area contributed by atoms with Gasteiger partial charge in [0.25, 0.3) is 0 Å². The lowest BCUT2D eigenvalue weighted by molar-refractivity contribution is -0.131. The molecule has 0 aliphatic rings. The van der Waals surface area contributed by atoms with Gasteiger partial charge >= 0.3 is 23.9 Å². The van der Waals surface area contributed by atoms with Crippen molar-refractivity contribution in [1.82, 2.24) is 0 Å². The molecule has 0 radical (unpaired) electrons. The predicted octanol–water partition coefficient (Wildman–Crippen LogP) is 6.61. The number of carbonyl (C=O) groups excluding carboxylic acids is 4. The van der Waals surface area contributed by atoms with Crippen molar-refractivity contribution in [3.63, 3.8) is 0 Å². The van der Waals surface area contributed by atoms with Crippen LogP contribution in [-0.2, 0) is 23.9 Å². The molecular formula is C43H27FO9. The number of methoxy groups -OCH3 is 1. The molecule has 0 unspecified atom stereocenters. The number of ether oxygens (including phenoxy) is 5. The van der Waals surface area contributed by atoms with Crippen LogP contribution in [0.25, 0.3) is 11.1 Å². The van der Waals surface area contributed by atoms with Crippen molar-refractivity contribution in [3.05, 3.63) is 157 Å². The van der Waals surface area contributed by atoms with Crippen LogP contribution in [-0.4, -0.2) is 31.0 Å². The Hall–Kier alpha value is -7.87. The molecule has 0 atom stereocenters. The van der Waals surface area contributed by atoms with Crippen LogP contribution in [0.1, 0.15) is 27.8 Å². The standard InChI is InChI=1S/C43H27FO9/c1-6-37(45)50-27-26-35-34(24-14-28-10-16-30(17-11-28)31-18-22-33(23-19-31)52-39(47)8-3)41(44)43(49-5)36(42(35)53-40(48)9-4)25-15-29-12-20-32(21-13-29)51-38(46)7-2/h6-13,16-23H,1-4H2,5H3. The Bertz CT molecular complexity index is 2320. The van der Waals surface area contributed by atoms with E-state index in [1.165, 1.54) is 31.4 Å². The van der Waals surface area contributed by atoms with Gasteiger partial charge in [-0.05, 0) is 65.6 Å². The highest BCUT2D eigenvalue weighted by molar-refractivity contribution is 5.86. The summed E-state index contributed by atoms with van der Waals surface area (Å²) in [4.78, 5) is 47.3. The largest absolute Gasteiger partial charge is 0.492 e. The molecule has 0 aromatic heterocycles. The summed E-state index contributed by atoms with van der Waals surface area (Å²) >= 11 is 0. The molecular weight excluding hydrogens is 679 g/mol. The second-order valence-corrected chi connectivity index (χ2v) is 10.2. The molecule has 4 aromatic carbocycles. The van der Waals surface area contributed by atoms with Gasteiger partial charge in [-0.2, -0.15) is 0 Å². The second-order valence-electron chi connectivity index (χ2n) is 10.2. The maximum atomic E-state index is 16.4. The maximum Gasteiger partial charge on any atom is 0.344 e. The van der Waals surface area contributed by atoms with Gasteiger partial charge in [0.1, 0.15) is 23.2 Å². The third kappa shape index (κ3) is 10.1. The van der Waals surface area contributed by atoms with E-state index < -0.39 is 35.4 Å². The molecule has 0 spiro atoms. The highest BCUT2D eigenvalue weighted by atomic mass is 19.1. The summed E-state index contributed by atoms with van der Waals surface area (Å²) < 4.78 is 42.3. The molecule has 0 saturated heterocycles. The minimum absolute atomic E-state index is 0.220. The Kier molecular flexibility index (Phi) is 13.0. The third-order valence-corrected chi connectivity index (χ3v) is 6.78. The van der Waals surface area contributed by atoms with Gasteiger partial charge in [-0.25, -0.2) is 23.6 Å². The molecule has 0 aliphatic heterocycles. The van der Waals surface area contributed by atoms with E-state index in [4.69, 9.17) is 23.7 Å². The van der Waals surface area contributed by atoms with Crippen molar-refractivity contribution in [2.24, 2.45) is 0 Å². The topological polar surface area (TPSA) is 114 Å². The summed E-state index contributed by atoms with van der Waals surface area (Å²) in [5, 5.41) is 0. The molecule has 4 rings (SSSR count). The van der Waals surface area contributed by atoms with E-state index in [2.05, 4.69) is 62.0 Å². The lowest BCUT2D eigenvalue weighted by Crippen LogP contribution is -2.10. The number of benzene rings is 4. The van der Waals surface area contributed by atoms with E-state index in [0.717, 1.165) is 35.4 Å². The van der Waals surface area contributed by atoms with E-state index in [0.29, 0.717) is 16.9 Å². The van der Waals surface area contributed by atoms with Gasteiger partial charge in [0.15, 0.2) is 17.3 Å². The highest BCUT2D eigenvalue weighted by Gasteiger charge is 2.26. The minimum atomic E-state index is -0.998. The van der Waals surface area contributed by atoms with Crippen LogP contribution < -0.4 is 18.9 Å². The fourth-order valence-corrected chi connectivity index (χ4v) is 4.28. The molecule has 0 bridgehead atoms. The SMILES string of the molecule is C=CC(=O)OC#Cc1c(C#Cc2ccc(-c3ccc(OC(=O)C=C)cc3)cc2)c(F)c(OC)c(C#Cc2ccc(OC(=O)C=C)cc2)c1OC(=O)C=C. The van der Waals surface area contributed by atoms with Gasteiger partial charge in [-0.15, -0.1) is 0 Å². The van der Waals surface area contributed by atoms with Gasteiger partial charge < -0.3 is 23.7 Å². The molecule has 260 valence electrons. The van der Waals surface area contributed by atoms with E-state index in [9.17, 15) is 19.2 Å². The van der Waals surface area contributed by atoms with Crippen molar-refractivity contribution < 1.29 is 47.3 Å². The van der Waals surface area contributed by atoms with Crippen molar-refractivity contribution >= 4 is 23.9 Å². The van der Waals surface area contributed by atoms with Crippen LogP contribution in [0.2, 0.25) is 0 Å². The van der Waals surface area contributed by atoms with Crippen LogP contribution in [0, 0.1) is 41.5 Å². The minimum Gasteiger partial charge on any atom is -0.492 e. The van der Waals surface area contributed by atoms with Crippen LogP contribution in [0.4, 0.5) is 4.39 Å². The van der Waals surface area contributed by atoms with Crippen molar-refractivity contribution in [2.75, 3.05) is 7.11 Å². The first-order valence-corrected chi connectivity index (χ1v) is 15.3. The first-order valence-electron chi connectivity index (χ1n) is 15.3. The highest BCUT2D eigenvalue weighted by Crippen LogP contribution is 2.38. The predicted molar refractivity (Wildman–Crippen MR) is 194 cm³/mol. The Balaban J connectivity index is 1.83. The molecule has 0 saturated carbocycles. The maximum absolute atomic E-state index is 16.4. The molecule has 9 nitrogen and oxygen atoms in total. The number of hydrogen-bond donors (Lipinski definition) is 0. The Morgan fingerprint density at radius 2 is 0.962 bits per heavy atom. The first kappa shape index (κ1) is 37.9. The van der Waals surface area contributed by atoms with Crippen LogP contribution in [0.5, 0.6) is 23.0 Å². The summed E-state index contributed by atoms with van der Waals surface area (Å²) in [7, 11) is 1.19. The lowest BCUT2D eigenvalue weighted by atomic mass is 9.99. The van der Waals surface area contributed by atoms with Crippen LogP contribution in [0.15, 0.2) is 123 Å². The van der Waals surface area contributed by atoms with Crippen LogP contribution >= 0.6 is 0 Å². The smallest absolute Gasteiger partial charge is 0.344 e. The Morgan fingerprint density at radius 1 is 0.528 bits per heavy atom. The molecule has 4 aromatic rings. The fraction of sp³-hybridized carbons (Fsp3) is 0.0233. The van der Waals surface area contributed by atoms with E-state index in [1.54, 1.807) is 48.5 Å². The third-order valence-electron chi connectivity index (χ3n) is 6.78. The fourth-order valence-electron chi connectivity index (χ4n) is 4.28. The molecule has 0 aliphatic carbocycles. The Labute approximate surface area is 304 Å². The molecule has 53 heavy (non-hydrogen) atoms. The Morgan fingerprint density at radius 3 is 1.45 bits per heavy atom. The van der Waals surface area contributed by atoms with Gasteiger partial charge in [-0.3, -0.25) is 0 Å². The monoisotopic (exact) mass is 706 g/mol. The lowest BCUT2D eigenvalue weighted by Gasteiger charge is -2.15. The molecule has 0 fully saturated rings. The zero-order valence-electron chi connectivity index (χ0n) is 28.1. The van der Waals surface area contributed by atoms with Gasteiger partial charge in [0.05, 0.1) is 18.2 Å². The molecule has 0 amide bonds. The van der Waals surface area contributed by atoms with Gasteiger partial charge in [-0.1, -0.05) is 74.3 Å². The van der Waals surface area contributed by atoms with Gasteiger partial charge in [0.2, 0.25) is 0 Å². The molecule has 0 N–H and O–H groups in total. The summed E-state index contributed by atoms with van der Waals surface area (Å²) in [5.41, 5.74) is 1.64. The zero-order chi connectivity index (χ0) is 38.3. The average Bonchev–Trinajstić information content (AvgIpc) is 3.18. The van der Waals surface area contributed by atoms with Gasteiger partial charge in [0, 0.05) is 35.4 Å². The summed E-state index contributed by atoms with van der Waals surface area (Å²) in [6.07, 6.45) is 5.99. The van der Waals surface area contributed by atoms with Crippen molar-refractivity contribution in [1.29, 1.82) is 0 Å². The number of halogens is 1. The number of rotatable bonds is 9. The molecule has 10 heteroatoms. The van der Waals surface area contributed by atoms with Crippen molar-refractivity contribution in [2.45, 2.75) is 0 Å². The summed E-state index contributed by atoms with van der Waals surface area (Å²) in [6.45, 7) is 13.5. The first-order chi connectivity index (χ1) is 25.6. The number of carbonyl (C=O) groups is 4. The van der Waals surface area contributed by atoms with E-state index in [1.807, 2.05) is 0 Å². The quantitative estimate of drug-likeness (QED) is 0.0821. The van der Waals surface area contributed by atoms with E-state index in [-0.39, 0.29) is 28.2 Å². The summed E-state index contributed by atoms with van der Waals surface area (Å²) in [6, 6.07) is 19.8. The second kappa shape index (κ2) is 18.2. The van der Waals surface area contributed by atoms with E-state index >= 15 is 4.39 Å². The van der Waals surface area contributed by atoms with Crippen LogP contribution in [0.3, 0.4) is 0 Å². The normalized spacial score (nSPS) is 9.47. The number of hydrogen-bond acceptors (Lipinski definition) is 9. The average molecular weight is 707 g/mol. The zero-order valence-corrected chi connectivity index (χ0v) is 28.1. The summed E-state index contributed by atoms with van der Waals surface area (Å²) in [5.74, 6) is 9.47. The number of esters is 4. The van der Waals surface area contributed by atoms with Crippen molar-refractivity contribution in [3.8, 4) is 69.8 Å². The molecule has 0 heterocycles.